The van der Waals surface area contributed by atoms with Gasteiger partial charge in [-0.05, 0) is 24.3 Å². The fourth-order valence-corrected chi connectivity index (χ4v) is 3.09. The molecule has 3 rings (SSSR count). The lowest BCUT2D eigenvalue weighted by Gasteiger charge is -2.12. The molecule has 0 aliphatic heterocycles. The molecule has 0 unspecified atom stereocenters. The minimum absolute atomic E-state index is 1.06. The van der Waals surface area contributed by atoms with Crippen molar-refractivity contribution in [3.63, 3.8) is 0 Å². The first-order valence-electron chi connectivity index (χ1n) is 6.57. The summed E-state index contributed by atoms with van der Waals surface area (Å²) in [6, 6.07) is 12.9. The Morgan fingerprint density at radius 2 is 1.20 bits per heavy atom. The maximum absolute atomic E-state index is 4.82. The van der Waals surface area contributed by atoms with Crippen LogP contribution in [0.4, 0.5) is 11.4 Å². The van der Waals surface area contributed by atoms with Crippen LogP contribution in [0.2, 0.25) is 0 Å². The number of benzene rings is 2. The first kappa shape index (κ1) is 13.1. The summed E-state index contributed by atoms with van der Waals surface area (Å²) >= 11 is 1.79. The van der Waals surface area contributed by atoms with Crippen molar-refractivity contribution in [2.24, 2.45) is 0 Å². The molecule has 0 N–H and O–H groups in total. The highest BCUT2D eigenvalue weighted by atomic mass is 32.1. The highest BCUT2D eigenvalue weighted by Crippen LogP contribution is 2.30. The predicted molar refractivity (Wildman–Crippen MR) is 90.2 cm³/mol. The quantitative estimate of drug-likeness (QED) is 0.526. The number of aromatic nitrogens is 1. The van der Waals surface area contributed by atoms with Gasteiger partial charge in [0.25, 0.3) is 9.40 Å². The van der Waals surface area contributed by atoms with Crippen LogP contribution in [-0.2, 0) is 0 Å². The molecule has 0 radical (unpaired) electrons. The first-order valence-corrected chi connectivity index (χ1v) is 7.38. The minimum Gasteiger partial charge on any atom is -0.378 e. The molecule has 0 aliphatic carbocycles. The van der Waals surface area contributed by atoms with Crippen LogP contribution in [-0.4, -0.2) is 33.2 Å². The van der Waals surface area contributed by atoms with E-state index in [9.17, 15) is 0 Å². The van der Waals surface area contributed by atoms with E-state index in [0.29, 0.717) is 0 Å². The molecule has 0 aliphatic rings. The van der Waals surface area contributed by atoms with Gasteiger partial charge in [-0.2, -0.15) is 0 Å². The minimum atomic E-state index is 1.06. The third-order valence-electron chi connectivity index (χ3n) is 3.38. The van der Waals surface area contributed by atoms with Gasteiger partial charge < -0.3 is 9.80 Å². The van der Waals surface area contributed by atoms with Crippen molar-refractivity contribution < 1.29 is 0 Å². The monoisotopic (exact) mass is 284 g/mol. The lowest BCUT2D eigenvalue weighted by Crippen LogP contribution is -2.08. The Morgan fingerprint density at radius 1 is 0.750 bits per heavy atom. The van der Waals surface area contributed by atoms with Crippen molar-refractivity contribution in [3.05, 3.63) is 36.4 Å². The van der Waals surface area contributed by atoms with Crippen molar-refractivity contribution in [3.8, 4) is 0 Å². The van der Waals surface area contributed by atoms with Gasteiger partial charge in [-0.15, -0.1) is 0 Å². The maximum Gasteiger partial charge on any atom is 0.257 e. The molecular formula is C16H18N3S+. The van der Waals surface area contributed by atoms with Gasteiger partial charge >= 0.3 is 0 Å². The number of rotatable bonds is 2. The van der Waals surface area contributed by atoms with Crippen LogP contribution < -0.4 is 9.80 Å². The molecule has 0 saturated heterocycles. The number of hydrogen-bond acceptors (Lipinski definition) is 3. The largest absolute Gasteiger partial charge is 0.378 e. The van der Waals surface area contributed by atoms with E-state index in [4.69, 9.17) is 4.98 Å². The Bertz CT molecular complexity index is 718. The average Bonchev–Trinajstić information content (AvgIpc) is 2.43. The molecule has 3 nitrogen and oxygen atoms in total. The van der Waals surface area contributed by atoms with E-state index in [1.165, 1.54) is 20.8 Å². The van der Waals surface area contributed by atoms with Crippen LogP contribution in [0.5, 0.6) is 0 Å². The summed E-state index contributed by atoms with van der Waals surface area (Å²) in [7, 11) is 8.21. The van der Waals surface area contributed by atoms with Crippen LogP contribution in [0.3, 0.4) is 0 Å². The first-order chi connectivity index (χ1) is 9.54. The summed E-state index contributed by atoms with van der Waals surface area (Å²) in [6.07, 6.45) is 0. The molecule has 0 amide bonds. The summed E-state index contributed by atoms with van der Waals surface area (Å²) in [6.45, 7) is 0. The van der Waals surface area contributed by atoms with Crippen LogP contribution in [0.25, 0.3) is 20.4 Å². The van der Waals surface area contributed by atoms with Gasteiger partial charge in [0.05, 0.1) is 0 Å². The Kier molecular flexibility index (Phi) is 3.18. The normalized spacial score (nSPS) is 11.0. The zero-order valence-corrected chi connectivity index (χ0v) is 13.0. The third-order valence-corrected chi connectivity index (χ3v) is 4.51. The molecule has 1 heterocycles. The van der Waals surface area contributed by atoms with Crippen LogP contribution >= 0.6 is 11.3 Å². The number of anilines is 2. The van der Waals surface area contributed by atoms with Crippen molar-refractivity contribution >= 4 is 43.1 Å². The molecule has 0 spiro atoms. The fraction of sp³-hybridized carbons (Fsp3) is 0.250. The lowest BCUT2D eigenvalue weighted by atomic mass is 10.2. The van der Waals surface area contributed by atoms with Gasteiger partial charge in [0.15, 0.2) is 0 Å². The lowest BCUT2D eigenvalue weighted by molar-refractivity contribution is 1.13. The zero-order chi connectivity index (χ0) is 14.3. The Balaban J connectivity index is 2.24. The van der Waals surface area contributed by atoms with Gasteiger partial charge in [-0.25, -0.2) is 4.98 Å². The summed E-state index contributed by atoms with van der Waals surface area (Å²) in [5.74, 6) is 0. The summed E-state index contributed by atoms with van der Waals surface area (Å²) in [4.78, 5) is 9.03. The van der Waals surface area contributed by atoms with Gasteiger partial charge in [0.1, 0.15) is 11.0 Å². The molecule has 20 heavy (non-hydrogen) atoms. The Morgan fingerprint density at radius 3 is 1.60 bits per heavy atom. The Labute approximate surface area is 123 Å². The van der Waals surface area contributed by atoms with Gasteiger partial charge in [-0.3, -0.25) is 0 Å². The second-order valence-corrected chi connectivity index (χ2v) is 6.39. The van der Waals surface area contributed by atoms with E-state index in [0.717, 1.165) is 11.0 Å². The number of nitrogens with zero attached hydrogens (tertiary/aromatic N) is 3. The van der Waals surface area contributed by atoms with Crippen LogP contribution in [0.1, 0.15) is 0 Å². The molecule has 4 heteroatoms. The molecule has 3 aromatic rings. The smallest absolute Gasteiger partial charge is 0.257 e. The van der Waals surface area contributed by atoms with E-state index in [-0.39, 0.29) is 0 Å². The highest BCUT2D eigenvalue weighted by Gasteiger charge is 2.14. The molecular weight excluding hydrogens is 266 g/mol. The Hall–Kier alpha value is -1.94. The molecule has 1 aromatic heterocycles. The number of fused-ring (bicyclic) bond motifs is 2. The zero-order valence-electron chi connectivity index (χ0n) is 12.2. The third kappa shape index (κ3) is 2.27. The molecule has 0 atom stereocenters. The summed E-state index contributed by atoms with van der Waals surface area (Å²) in [5, 5.41) is 0. The number of hydrogen-bond donors (Lipinski definition) is 0. The average molecular weight is 284 g/mol. The topological polar surface area (TPSA) is 19.4 Å². The van der Waals surface area contributed by atoms with E-state index >= 15 is 0 Å². The van der Waals surface area contributed by atoms with E-state index in [1.807, 2.05) is 0 Å². The van der Waals surface area contributed by atoms with E-state index in [1.54, 1.807) is 11.3 Å². The van der Waals surface area contributed by atoms with Gasteiger partial charge in [0.2, 0.25) is 11.3 Å². The molecule has 102 valence electrons. The van der Waals surface area contributed by atoms with Crippen LogP contribution in [0.15, 0.2) is 36.4 Å². The van der Waals surface area contributed by atoms with Crippen molar-refractivity contribution in [2.45, 2.75) is 0 Å². The van der Waals surface area contributed by atoms with E-state index in [2.05, 4.69) is 74.4 Å². The fourth-order valence-electron chi connectivity index (χ4n) is 2.16. The second-order valence-electron chi connectivity index (χ2n) is 5.31. The standard InChI is InChI=1S/C16H18N3S/c1-18(2)11-5-7-15-13(9-11)17-14-10-12(19(3)4)6-8-16(14)20-15/h5-10H,1-4H3/q+1. The second kappa shape index (κ2) is 4.87. The summed E-state index contributed by atoms with van der Waals surface area (Å²) < 4.78 is 2.45. The van der Waals surface area contributed by atoms with E-state index < -0.39 is 0 Å². The van der Waals surface area contributed by atoms with Gasteiger partial charge in [0, 0.05) is 51.7 Å². The maximum atomic E-state index is 4.82. The van der Waals surface area contributed by atoms with Crippen molar-refractivity contribution in [2.75, 3.05) is 38.0 Å². The molecule has 0 bridgehead atoms. The highest BCUT2D eigenvalue weighted by molar-refractivity contribution is 7.24. The molecule has 0 saturated carbocycles. The van der Waals surface area contributed by atoms with Gasteiger partial charge in [-0.1, -0.05) is 0 Å². The predicted octanol–water partition coefficient (Wildman–Crippen LogP) is 3.86. The van der Waals surface area contributed by atoms with Crippen molar-refractivity contribution in [1.82, 2.24) is 4.98 Å². The molecule has 2 aromatic carbocycles. The van der Waals surface area contributed by atoms with Crippen LogP contribution in [0, 0.1) is 0 Å². The summed E-state index contributed by atoms with van der Waals surface area (Å²) in [5.41, 5.74) is 4.48. The van der Waals surface area contributed by atoms with Crippen molar-refractivity contribution in [1.29, 1.82) is 0 Å². The molecule has 0 fully saturated rings. The SMILES string of the molecule is CN(C)c1ccc2[s+]c3ccc(N(C)C)cc3nc2c1.